The highest BCUT2D eigenvalue weighted by molar-refractivity contribution is 5.97. The molecule has 0 aliphatic heterocycles. The quantitative estimate of drug-likeness (QED) is 0.784. The summed E-state index contributed by atoms with van der Waals surface area (Å²) in [7, 11) is 0. The lowest BCUT2D eigenvalue weighted by Gasteiger charge is -2.11. The molecular weight excluding hydrogens is 272 g/mol. The normalized spacial score (nSPS) is 11.8. The van der Waals surface area contributed by atoms with Gasteiger partial charge in [0, 0.05) is 12.0 Å². The van der Waals surface area contributed by atoms with Crippen LogP contribution in [0.2, 0.25) is 0 Å². The highest BCUT2D eigenvalue weighted by Gasteiger charge is 2.10. The second kappa shape index (κ2) is 5.98. The number of imidazole rings is 1. The number of nitrogens with one attached hydrogen (secondary N) is 1. The van der Waals surface area contributed by atoms with Crippen molar-refractivity contribution in [3.05, 3.63) is 71.8 Å². The van der Waals surface area contributed by atoms with Crippen molar-refractivity contribution in [2.45, 2.75) is 20.3 Å². The highest BCUT2D eigenvalue weighted by Crippen LogP contribution is 2.29. The number of ketones is 1. The molecule has 3 nitrogen and oxygen atoms in total. The van der Waals surface area contributed by atoms with Crippen LogP contribution in [0.15, 0.2) is 55.0 Å². The fourth-order valence-electron chi connectivity index (χ4n) is 2.81. The fraction of sp³-hybridized carbons (Fsp3) is 0.158. The minimum absolute atomic E-state index is 0.177. The molecule has 0 unspecified atom stereocenters. The maximum Gasteiger partial charge on any atom is 0.134 e. The molecule has 0 radical (unpaired) electrons. The van der Waals surface area contributed by atoms with Crippen LogP contribution in [0.1, 0.15) is 30.7 Å². The average molecular weight is 290 g/mol. The smallest absolute Gasteiger partial charge is 0.134 e. The Morgan fingerprint density at radius 3 is 2.82 bits per heavy atom. The third kappa shape index (κ3) is 2.70. The molecule has 0 spiro atoms. The van der Waals surface area contributed by atoms with E-state index in [0.717, 1.165) is 27.8 Å². The van der Waals surface area contributed by atoms with Crippen molar-refractivity contribution in [2.75, 3.05) is 0 Å². The number of aromatic nitrogens is 2. The highest BCUT2D eigenvalue weighted by atomic mass is 16.1. The molecule has 0 saturated heterocycles. The Kier molecular flexibility index (Phi) is 3.88. The van der Waals surface area contributed by atoms with E-state index >= 15 is 0 Å². The number of carbonyl (C=O) groups is 1. The van der Waals surface area contributed by atoms with E-state index in [1.54, 1.807) is 13.3 Å². The number of Topliss-reactive ketones (excluding diaryl/α,β-unsaturated/α-hetero) is 1. The zero-order valence-electron chi connectivity index (χ0n) is 12.8. The van der Waals surface area contributed by atoms with Gasteiger partial charge < -0.3 is 4.98 Å². The van der Waals surface area contributed by atoms with Gasteiger partial charge in [-0.05, 0) is 35.7 Å². The van der Waals surface area contributed by atoms with Gasteiger partial charge in [-0.25, -0.2) is 4.98 Å². The van der Waals surface area contributed by atoms with Gasteiger partial charge >= 0.3 is 0 Å². The van der Waals surface area contributed by atoms with Crippen molar-refractivity contribution >= 4 is 22.1 Å². The summed E-state index contributed by atoms with van der Waals surface area (Å²) >= 11 is 0. The van der Waals surface area contributed by atoms with Crippen LogP contribution in [0.4, 0.5) is 0 Å². The monoisotopic (exact) mass is 290 g/mol. The molecule has 3 rings (SSSR count). The zero-order chi connectivity index (χ0) is 15.5. The van der Waals surface area contributed by atoms with E-state index in [1.807, 2.05) is 19.2 Å². The number of nitrogens with zero attached hydrogens (tertiary/aromatic N) is 1. The van der Waals surface area contributed by atoms with Crippen LogP contribution in [-0.2, 0) is 11.2 Å². The summed E-state index contributed by atoms with van der Waals surface area (Å²) in [5, 5.41) is 2.33. The van der Waals surface area contributed by atoms with E-state index in [2.05, 4.69) is 46.4 Å². The fourth-order valence-corrected chi connectivity index (χ4v) is 2.81. The van der Waals surface area contributed by atoms with Gasteiger partial charge in [-0.1, -0.05) is 42.5 Å². The molecular formula is C19H18N2O. The Hall–Kier alpha value is -2.68. The molecule has 3 heteroatoms. The topological polar surface area (TPSA) is 45.8 Å². The van der Waals surface area contributed by atoms with Gasteiger partial charge in [0.25, 0.3) is 0 Å². The number of hydrogen-bond donors (Lipinski definition) is 1. The van der Waals surface area contributed by atoms with Gasteiger partial charge in [0.1, 0.15) is 5.78 Å². The van der Waals surface area contributed by atoms with E-state index in [0.29, 0.717) is 6.42 Å². The standard InChI is InChI=1S/C19H18N2O/c1-3-16(19-11-20-12-21-19)17-6-4-5-15-8-7-14(9-13(2)22)10-18(15)17/h3-8,10-12H,9H2,1-2H3,(H,20,21). The minimum Gasteiger partial charge on any atom is -0.345 e. The summed E-state index contributed by atoms with van der Waals surface area (Å²) < 4.78 is 0. The summed E-state index contributed by atoms with van der Waals surface area (Å²) in [5.74, 6) is 0.177. The predicted octanol–water partition coefficient (Wildman–Crippen LogP) is 4.15. The van der Waals surface area contributed by atoms with Crippen LogP contribution < -0.4 is 0 Å². The van der Waals surface area contributed by atoms with Gasteiger partial charge in [-0.3, -0.25) is 4.79 Å². The Labute approximate surface area is 129 Å². The largest absolute Gasteiger partial charge is 0.345 e. The molecule has 0 bridgehead atoms. The van der Waals surface area contributed by atoms with Gasteiger partial charge in [-0.15, -0.1) is 0 Å². The van der Waals surface area contributed by atoms with Crippen molar-refractivity contribution in [1.29, 1.82) is 0 Å². The van der Waals surface area contributed by atoms with E-state index in [4.69, 9.17) is 0 Å². The van der Waals surface area contributed by atoms with Crippen molar-refractivity contribution in [3.8, 4) is 0 Å². The second-order valence-corrected chi connectivity index (χ2v) is 5.41. The van der Waals surface area contributed by atoms with Crippen LogP contribution >= 0.6 is 0 Å². The molecule has 0 fully saturated rings. The summed E-state index contributed by atoms with van der Waals surface area (Å²) in [6.45, 7) is 3.65. The molecule has 1 N–H and O–H groups in total. The number of allylic oxidation sites excluding steroid dienone is 1. The molecule has 0 saturated carbocycles. The molecule has 0 atom stereocenters. The van der Waals surface area contributed by atoms with E-state index in [1.165, 1.54) is 5.39 Å². The minimum atomic E-state index is 0.177. The first kappa shape index (κ1) is 14.3. The van der Waals surface area contributed by atoms with Crippen molar-refractivity contribution in [2.24, 2.45) is 0 Å². The molecule has 0 amide bonds. The third-order valence-electron chi connectivity index (χ3n) is 3.77. The van der Waals surface area contributed by atoms with Crippen molar-refractivity contribution < 1.29 is 4.79 Å². The van der Waals surface area contributed by atoms with Crippen molar-refractivity contribution in [1.82, 2.24) is 9.97 Å². The first-order chi connectivity index (χ1) is 10.7. The Bertz CT molecular complexity index is 845. The number of carbonyl (C=O) groups excluding carboxylic acids is 1. The molecule has 0 aliphatic carbocycles. The first-order valence-electron chi connectivity index (χ1n) is 7.35. The number of rotatable bonds is 4. The molecule has 1 heterocycles. The number of fused-ring (bicyclic) bond motifs is 1. The van der Waals surface area contributed by atoms with Crippen LogP contribution in [0.5, 0.6) is 0 Å². The molecule has 22 heavy (non-hydrogen) atoms. The van der Waals surface area contributed by atoms with E-state index in [9.17, 15) is 4.79 Å². The third-order valence-corrected chi connectivity index (χ3v) is 3.77. The van der Waals surface area contributed by atoms with E-state index in [-0.39, 0.29) is 5.78 Å². The summed E-state index contributed by atoms with van der Waals surface area (Å²) in [4.78, 5) is 18.7. The van der Waals surface area contributed by atoms with E-state index < -0.39 is 0 Å². The predicted molar refractivity (Wildman–Crippen MR) is 89.7 cm³/mol. The number of hydrogen-bond acceptors (Lipinski definition) is 2. The van der Waals surface area contributed by atoms with Crippen LogP contribution in [0, 0.1) is 0 Å². The van der Waals surface area contributed by atoms with Crippen molar-refractivity contribution in [3.63, 3.8) is 0 Å². The SMILES string of the molecule is CC=C(c1cnc[nH]1)c1cccc2ccc(CC(C)=O)cc12. The molecule has 0 aliphatic rings. The second-order valence-electron chi connectivity index (χ2n) is 5.41. The lowest BCUT2D eigenvalue weighted by molar-refractivity contribution is -0.116. The maximum atomic E-state index is 11.4. The summed E-state index contributed by atoms with van der Waals surface area (Å²) in [5.41, 5.74) is 4.30. The lowest BCUT2D eigenvalue weighted by atomic mass is 9.94. The summed E-state index contributed by atoms with van der Waals surface area (Å²) in [6.07, 6.45) is 6.07. The number of aromatic amines is 1. The Balaban J connectivity index is 2.18. The number of benzene rings is 2. The van der Waals surface area contributed by atoms with Crippen LogP contribution in [-0.4, -0.2) is 15.8 Å². The molecule has 2 aromatic carbocycles. The number of H-pyrrole nitrogens is 1. The maximum absolute atomic E-state index is 11.4. The molecule has 3 aromatic rings. The van der Waals surface area contributed by atoms with Gasteiger partial charge in [-0.2, -0.15) is 0 Å². The summed E-state index contributed by atoms with van der Waals surface area (Å²) in [6, 6.07) is 12.5. The molecule has 110 valence electrons. The van der Waals surface area contributed by atoms with Crippen LogP contribution in [0.25, 0.3) is 16.3 Å². The Morgan fingerprint density at radius 1 is 1.27 bits per heavy atom. The first-order valence-corrected chi connectivity index (χ1v) is 7.35. The van der Waals surface area contributed by atoms with Crippen LogP contribution in [0.3, 0.4) is 0 Å². The Morgan fingerprint density at radius 2 is 2.14 bits per heavy atom. The van der Waals surface area contributed by atoms with Gasteiger partial charge in [0.05, 0.1) is 18.2 Å². The molecule has 1 aromatic heterocycles. The van der Waals surface area contributed by atoms with Gasteiger partial charge in [0.15, 0.2) is 0 Å². The lowest BCUT2D eigenvalue weighted by Crippen LogP contribution is -1.97. The van der Waals surface area contributed by atoms with Gasteiger partial charge in [0.2, 0.25) is 0 Å². The zero-order valence-corrected chi connectivity index (χ0v) is 12.8. The average Bonchev–Trinajstić information content (AvgIpc) is 3.02.